The molecule has 1 amide bonds. The minimum absolute atomic E-state index is 0.0114. The molecule has 0 saturated carbocycles. The van der Waals surface area contributed by atoms with Gasteiger partial charge in [0.25, 0.3) is 5.91 Å². The lowest BCUT2D eigenvalue weighted by molar-refractivity contribution is -0.137. The van der Waals surface area contributed by atoms with E-state index in [0.717, 1.165) is 12.1 Å². The molecule has 0 atom stereocenters. The predicted molar refractivity (Wildman–Crippen MR) is 78.3 cm³/mol. The fourth-order valence-corrected chi connectivity index (χ4v) is 2.02. The van der Waals surface area contributed by atoms with E-state index in [-0.39, 0.29) is 17.0 Å². The maximum Gasteiger partial charge on any atom is 0.416 e. The largest absolute Gasteiger partial charge is 0.507 e. The predicted octanol–water partition coefficient (Wildman–Crippen LogP) is 3.93. The first kappa shape index (κ1) is 16.2. The summed E-state index contributed by atoms with van der Waals surface area (Å²) >= 11 is 3.13. The van der Waals surface area contributed by atoms with Gasteiger partial charge in [-0.15, -0.1) is 0 Å². The molecule has 0 unspecified atom stereocenters. The number of hydrazine groups is 1. The van der Waals surface area contributed by atoms with Gasteiger partial charge in [0, 0.05) is 4.47 Å². The van der Waals surface area contributed by atoms with Crippen LogP contribution in [0.25, 0.3) is 0 Å². The minimum Gasteiger partial charge on any atom is -0.507 e. The number of hydrogen-bond acceptors (Lipinski definition) is 3. The van der Waals surface area contributed by atoms with Crippen LogP contribution in [0.15, 0.2) is 46.9 Å². The molecule has 0 heterocycles. The maximum atomic E-state index is 12.6. The van der Waals surface area contributed by atoms with Crippen LogP contribution in [-0.4, -0.2) is 11.0 Å². The van der Waals surface area contributed by atoms with E-state index in [2.05, 4.69) is 26.8 Å². The van der Waals surface area contributed by atoms with Gasteiger partial charge in [-0.1, -0.05) is 22.0 Å². The topological polar surface area (TPSA) is 61.4 Å². The molecule has 0 aliphatic rings. The first-order valence-corrected chi connectivity index (χ1v) is 6.79. The van der Waals surface area contributed by atoms with Gasteiger partial charge in [0.1, 0.15) is 5.75 Å². The van der Waals surface area contributed by atoms with Gasteiger partial charge in [-0.2, -0.15) is 13.2 Å². The van der Waals surface area contributed by atoms with Crippen molar-refractivity contribution in [1.29, 1.82) is 0 Å². The molecule has 0 bridgehead atoms. The molecule has 3 N–H and O–H groups in total. The number of carbonyl (C=O) groups excluding carboxylic acids is 1. The average Bonchev–Trinajstić information content (AvgIpc) is 2.44. The molecule has 2 aromatic carbocycles. The van der Waals surface area contributed by atoms with Crippen LogP contribution in [0.3, 0.4) is 0 Å². The summed E-state index contributed by atoms with van der Waals surface area (Å²) in [4.78, 5) is 11.9. The fourth-order valence-electron chi connectivity index (χ4n) is 1.67. The van der Waals surface area contributed by atoms with Crippen LogP contribution in [0.4, 0.5) is 18.9 Å². The number of alkyl halides is 3. The molecular weight excluding hydrogens is 365 g/mol. The summed E-state index contributed by atoms with van der Waals surface area (Å²) in [5, 5.41) is 9.64. The lowest BCUT2D eigenvalue weighted by atomic mass is 10.2. The van der Waals surface area contributed by atoms with E-state index in [4.69, 9.17) is 0 Å². The number of anilines is 1. The number of benzene rings is 2. The minimum atomic E-state index is -4.47. The van der Waals surface area contributed by atoms with Gasteiger partial charge < -0.3 is 5.11 Å². The normalized spacial score (nSPS) is 11.1. The van der Waals surface area contributed by atoms with Gasteiger partial charge in [0.2, 0.25) is 0 Å². The van der Waals surface area contributed by atoms with Gasteiger partial charge in [-0.25, -0.2) is 0 Å². The molecule has 0 aliphatic carbocycles. The molecule has 0 spiro atoms. The van der Waals surface area contributed by atoms with Gasteiger partial charge in [-0.3, -0.25) is 15.6 Å². The molecule has 2 rings (SSSR count). The highest BCUT2D eigenvalue weighted by molar-refractivity contribution is 9.10. The Morgan fingerprint density at radius 2 is 1.86 bits per heavy atom. The first-order valence-electron chi connectivity index (χ1n) is 5.99. The summed E-state index contributed by atoms with van der Waals surface area (Å²) in [6.07, 6.45) is -4.47. The molecule has 0 radical (unpaired) electrons. The second-order valence-corrected chi connectivity index (χ2v) is 5.23. The highest BCUT2D eigenvalue weighted by atomic mass is 79.9. The third-order valence-corrected chi connectivity index (χ3v) is 3.21. The van der Waals surface area contributed by atoms with Gasteiger partial charge in [0.05, 0.1) is 16.8 Å². The van der Waals surface area contributed by atoms with Crippen LogP contribution in [0.2, 0.25) is 0 Å². The number of nitrogens with one attached hydrogen (secondary N) is 2. The summed E-state index contributed by atoms with van der Waals surface area (Å²) in [5.41, 5.74) is 3.82. The molecule has 2 aromatic rings. The standard InChI is InChI=1S/C14H10BrF3N2O2/c15-9-4-5-11(12(21)7-9)13(22)20-19-10-3-1-2-8(6-10)14(16,17)18/h1-7,19,21H,(H,20,22). The van der Waals surface area contributed by atoms with Crippen LogP contribution in [-0.2, 0) is 6.18 Å². The fraction of sp³-hybridized carbons (Fsp3) is 0.0714. The van der Waals surface area contributed by atoms with Crippen molar-refractivity contribution < 1.29 is 23.1 Å². The van der Waals surface area contributed by atoms with Crippen molar-refractivity contribution in [3.05, 3.63) is 58.1 Å². The zero-order valence-corrected chi connectivity index (χ0v) is 12.5. The van der Waals surface area contributed by atoms with E-state index in [1.54, 1.807) is 6.07 Å². The Bertz CT molecular complexity index is 705. The molecule has 0 aromatic heterocycles. The molecule has 116 valence electrons. The summed E-state index contributed by atoms with van der Waals surface area (Å²) in [6, 6.07) is 8.64. The van der Waals surface area contributed by atoms with Gasteiger partial charge in [0.15, 0.2) is 0 Å². The number of halogens is 4. The third kappa shape index (κ3) is 3.91. The number of hydrogen-bond donors (Lipinski definition) is 3. The lowest BCUT2D eigenvalue weighted by Crippen LogP contribution is -2.29. The number of rotatable bonds is 3. The van der Waals surface area contributed by atoms with Crippen molar-refractivity contribution in [3.8, 4) is 5.75 Å². The van der Waals surface area contributed by atoms with Crippen LogP contribution >= 0.6 is 15.9 Å². The second-order valence-electron chi connectivity index (χ2n) is 4.32. The maximum absolute atomic E-state index is 12.6. The number of phenolic OH excluding ortho intramolecular Hbond substituents is 1. The zero-order valence-electron chi connectivity index (χ0n) is 10.9. The van der Waals surface area contributed by atoms with Crippen molar-refractivity contribution in [2.45, 2.75) is 6.18 Å². The van der Waals surface area contributed by atoms with Gasteiger partial charge in [-0.05, 0) is 36.4 Å². The molecular formula is C14H10BrF3N2O2. The van der Waals surface area contributed by atoms with Crippen molar-refractivity contribution in [2.24, 2.45) is 0 Å². The Kier molecular flexibility index (Phi) is 4.60. The van der Waals surface area contributed by atoms with Crippen molar-refractivity contribution >= 4 is 27.5 Å². The van der Waals surface area contributed by atoms with Crippen molar-refractivity contribution in [1.82, 2.24) is 5.43 Å². The van der Waals surface area contributed by atoms with E-state index in [1.807, 2.05) is 0 Å². The molecule has 0 saturated heterocycles. The molecule has 8 heteroatoms. The number of phenols is 1. The Labute approximate surface area is 132 Å². The van der Waals surface area contributed by atoms with Gasteiger partial charge >= 0.3 is 6.18 Å². The number of carbonyl (C=O) groups is 1. The van der Waals surface area contributed by atoms with Crippen molar-refractivity contribution in [2.75, 3.05) is 5.43 Å². The van der Waals surface area contributed by atoms with Crippen molar-refractivity contribution in [3.63, 3.8) is 0 Å². The molecule has 0 aliphatic heterocycles. The Morgan fingerprint density at radius 1 is 1.14 bits per heavy atom. The van der Waals surface area contributed by atoms with E-state index in [9.17, 15) is 23.1 Å². The lowest BCUT2D eigenvalue weighted by Gasteiger charge is -2.12. The summed E-state index contributed by atoms with van der Waals surface area (Å²) in [6.45, 7) is 0. The smallest absolute Gasteiger partial charge is 0.416 e. The van der Waals surface area contributed by atoms with Crippen LogP contribution in [0.1, 0.15) is 15.9 Å². The zero-order chi connectivity index (χ0) is 16.3. The summed E-state index contributed by atoms with van der Waals surface area (Å²) < 4.78 is 38.3. The van der Waals surface area contributed by atoms with Crippen LogP contribution < -0.4 is 10.9 Å². The molecule has 22 heavy (non-hydrogen) atoms. The highest BCUT2D eigenvalue weighted by Crippen LogP contribution is 2.30. The molecule has 0 fully saturated rings. The quantitative estimate of drug-likeness (QED) is 0.713. The second kappa shape index (κ2) is 6.27. The third-order valence-electron chi connectivity index (χ3n) is 2.71. The SMILES string of the molecule is O=C(NNc1cccc(C(F)(F)F)c1)c1ccc(Br)cc1O. The van der Waals surface area contributed by atoms with E-state index < -0.39 is 17.6 Å². The van der Waals surface area contributed by atoms with E-state index in [1.165, 1.54) is 24.3 Å². The van der Waals surface area contributed by atoms with E-state index in [0.29, 0.717) is 4.47 Å². The van der Waals surface area contributed by atoms with Crippen LogP contribution in [0, 0.1) is 0 Å². The number of amides is 1. The molecule has 4 nitrogen and oxygen atoms in total. The Morgan fingerprint density at radius 3 is 2.50 bits per heavy atom. The first-order chi connectivity index (χ1) is 10.3. The average molecular weight is 375 g/mol. The summed E-state index contributed by atoms with van der Waals surface area (Å²) in [7, 11) is 0. The Balaban J connectivity index is 2.08. The van der Waals surface area contributed by atoms with Crippen LogP contribution in [0.5, 0.6) is 5.75 Å². The monoisotopic (exact) mass is 374 g/mol. The van der Waals surface area contributed by atoms with E-state index >= 15 is 0 Å². The Hall–Kier alpha value is -2.22. The number of aromatic hydroxyl groups is 1. The summed E-state index contributed by atoms with van der Waals surface area (Å²) in [5.74, 6) is -0.930. The highest BCUT2D eigenvalue weighted by Gasteiger charge is 2.30.